The Morgan fingerprint density at radius 3 is 2.66 bits per heavy atom. The summed E-state index contributed by atoms with van der Waals surface area (Å²) in [4.78, 5) is 36.8. The van der Waals surface area contributed by atoms with Crippen LogP contribution in [-0.2, 0) is 14.3 Å². The number of anilines is 2. The van der Waals surface area contributed by atoms with Crippen LogP contribution >= 0.6 is 0 Å². The van der Waals surface area contributed by atoms with Crippen molar-refractivity contribution in [1.82, 2.24) is 0 Å². The Hall–Kier alpha value is -3.68. The number of phenolic OH excluding ortho intramolecular Hbond substituents is 1. The number of nitrogens with zero attached hydrogens (tertiary/aromatic N) is 2. The zero-order valence-electron chi connectivity index (χ0n) is 16.4. The molecule has 0 unspecified atom stereocenters. The minimum atomic E-state index is -0.722. The van der Waals surface area contributed by atoms with Gasteiger partial charge in [-0.05, 0) is 43.2 Å². The second-order valence-corrected chi connectivity index (χ2v) is 6.69. The Morgan fingerprint density at radius 2 is 1.93 bits per heavy atom. The molecule has 0 spiro atoms. The molecule has 0 aromatic heterocycles. The Bertz CT molecular complexity index is 1030. The van der Waals surface area contributed by atoms with Crippen molar-refractivity contribution in [3.05, 3.63) is 53.1 Å². The Kier molecular flexibility index (Phi) is 5.63. The third-order valence-corrected chi connectivity index (χ3v) is 4.58. The van der Waals surface area contributed by atoms with Crippen molar-refractivity contribution in [3.63, 3.8) is 0 Å². The third-order valence-electron chi connectivity index (χ3n) is 4.58. The number of ether oxygens (including phenoxy) is 1. The second kappa shape index (κ2) is 8.14. The Labute approximate surface area is 167 Å². The van der Waals surface area contributed by atoms with E-state index in [-0.39, 0.29) is 35.7 Å². The minimum Gasteiger partial charge on any atom is -0.505 e. The number of aryl methyl sites for hydroxylation is 2. The van der Waals surface area contributed by atoms with Crippen LogP contribution in [0.25, 0.3) is 0 Å². The molecule has 2 aromatic rings. The maximum atomic E-state index is 12.7. The number of phenols is 1. The maximum absolute atomic E-state index is 12.7. The molecule has 8 nitrogen and oxygen atoms in total. The van der Waals surface area contributed by atoms with E-state index in [1.165, 1.54) is 30.3 Å². The number of benzene rings is 2. The summed E-state index contributed by atoms with van der Waals surface area (Å²) in [5, 5.41) is 18.3. The van der Waals surface area contributed by atoms with Gasteiger partial charge in [0.25, 0.3) is 5.91 Å². The first-order valence-corrected chi connectivity index (χ1v) is 9.01. The molecule has 1 heterocycles. The number of para-hydroxylation sites is 1. The fourth-order valence-corrected chi connectivity index (χ4v) is 2.97. The molecule has 3 rings (SSSR count). The van der Waals surface area contributed by atoms with Gasteiger partial charge in [0.1, 0.15) is 11.3 Å². The summed E-state index contributed by atoms with van der Waals surface area (Å²) >= 11 is 0. The van der Waals surface area contributed by atoms with Crippen LogP contribution in [0.4, 0.5) is 11.4 Å². The maximum Gasteiger partial charge on any atom is 0.341 e. The van der Waals surface area contributed by atoms with Crippen LogP contribution in [0, 0.1) is 13.8 Å². The van der Waals surface area contributed by atoms with Crippen LogP contribution < -0.4 is 10.3 Å². The molecule has 1 aliphatic heterocycles. The van der Waals surface area contributed by atoms with Gasteiger partial charge in [0.2, 0.25) is 5.91 Å². The number of methoxy groups -OCH3 is 1. The number of hydrogen-bond acceptors (Lipinski definition) is 6. The highest BCUT2D eigenvalue weighted by molar-refractivity contribution is 6.44. The van der Waals surface area contributed by atoms with Gasteiger partial charge < -0.3 is 15.2 Å². The van der Waals surface area contributed by atoms with Crippen molar-refractivity contribution < 1.29 is 24.2 Å². The van der Waals surface area contributed by atoms with Gasteiger partial charge in [0, 0.05) is 12.8 Å². The quantitative estimate of drug-likeness (QED) is 0.611. The van der Waals surface area contributed by atoms with Crippen molar-refractivity contribution >= 4 is 34.9 Å². The van der Waals surface area contributed by atoms with Crippen LogP contribution in [0.1, 0.15) is 34.3 Å². The fraction of sp³-hybridized carbons (Fsp3) is 0.238. The predicted molar refractivity (Wildman–Crippen MR) is 108 cm³/mol. The molecule has 2 aromatic carbocycles. The largest absolute Gasteiger partial charge is 0.505 e. The number of carbonyl (C=O) groups excluding carboxylic acids is 3. The topological polar surface area (TPSA) is 108 Å². The zero-order valence-corrected chi connectivity index (χ0v) is 16.4. The van der Waals surface area contributed by atoms with E-state index in [0.29, 0.717) is 5.69 Å². The monoisotopic (exact) mass is 395 g/mol. The summed E-state index contributed by atoms with van der Waals surface area (Å²) in [6.07, 6.45) is 0.303. The van der Waals surface area contributed by atoms with Gasteiger partial charge in [-0.25, -0.2) is 9.80 Å². The second-order valence-electron chi connectivity index (χ2n) is 6.69. The molecular formula is C21H21N3O5. The standard InChI is InChI=1S/C21H21N3O5/c1-12-7-8-13(2)17(11-12)24-18(25)10-9-16(23-24)20(27)22-15-6-4-5-14(19(15)26)21(28)29-3/h4-8,11,26H,9-10H2,1-3H3,(H,22,27). The number of hydrazone groups is 1. The molecule has 150 valence electrons. The van der Waals surface area contributed by atoms with Crippen molar-refractivity contribution in [2.24, 2.45) is 5.10 Å². The lowest BCUT2D eigenvalue weighted by atomic mass is 10.1. The number of nitrogens with one attached hydrogen (secondary N) is 1. The van der Waals surface area contributed by atoms with Gasteiger partial charge in [-0.1, -0.05) is 18.2 Å². The van der Waals surface area contributed by atoms with Gasteiger partial charge in [-0.2, -0.15) is 5.10 Å². The van der Waals surface area contributed by atoms with E-state index in [2.05, 4.69) is 15.2 Å². The molecule has 2 amide bonds. The van der Waals surface area contributed by atoms with E-state index in [0.717, 1.165) is 11.1 Å². The zero-order chi connectivity index (χ0) is 21.1. The summed E-state index contributed by atoms with van der Waals surface area (Å²) in [5.41, 5.74) is 2.58. The molecule has 0 saturated heterocycles. The van der Waals surface area contributed by atoms with Gasteiger partial charge in [0.15, 0.2) is 5.75 Å². The van der Waals surface area contributed by atoms with Gasteiger partial charge in [-0.15, -0.1) is 0 Å². The Morgan fingerprint density at radius 1 is 1.17 bits per heavy atom. The van der Waals surface area contributed by atoms with Crippen LogP contribution in [0.5, 0.6) is 5.75 Å². The van der Waals surface area contributed by atoms with Crippen LogP contribution in [0.3, 0.4) is 0 Å². The number of carbonyl (C=O) groups is 3. The number of rotatable bonds is 4. The number of amides is 2. The molecule has 0 atom stereocenters. The van der Waals surface area contributed by atoms with Crippen molar-refractivity contribution in [2.45, 2.75) is 26.7 Å². The van der Waals surface area contributed by atoms with E-state index in [1.807, 2.05) is 32.0 Å². The fourth-order valence-electron chi connectivity index (χ4n) is 2.97. The average Bonchev–Trinajstić information content (AvgIpc) is 2.71. The minimum absolute atomic E-state index is 0.0517. The van der Waals surface area contributed by atoms with E-state index in [4.69, 9.17) is 0 Å². The number of aromatic hydroxyl groups is 1. The molecule has 1 aliphatic rings. The third kappa shape index (κ3) is 4.11. The number of esters is 1. The van der Waals surface area contributed by atoms with E-state index >= 15 is 0 Å². The van der Waals surface area contributed by atoms with E-state index in [1.54, 1.807) is 0 Å². The van der Waals surface area contributed by atoms with Crippen LogP contribution in [0.15, 0.2) is 41.5 Å². The highest BCUT2D eigenvalue weighted by Crippen LogP contribution is 2.29. The summed E-state index contributed by atoms with van der Waals surface area (Å²) in [6.45, 7) is 3.77. The lowest BCUT2D eigenvalue weighted by Gasteiger charge is -2.25. The average molecular weight is 395 g/mol. The first-order chi connectivity index (χ1) is 13.8. The highest BCUT2D eigenvalue weighted by atomic mass is 16.5. The first kappa shape index (κ1) is 20.1. The first-order valence-electron chi connectivity index (χ1n) is 9.01. The van der Waals surface area contributed by atoms with Gasteiger partial charge >= 0.3 is 5.97 Å². The normalized spacial score (nSPS) is 13.7. The van der Waals surface area contributed by atoms with Crippen molar-refractivity contribution in [1.29, 1.82) is 0 Å². The number of hydrogen-bond donors (Lipinski definition) is 2. The molecule has 8 heteroatoms. The van der Waals surface area contributed by atoms with Crippen molar-refractivity contribution in [2.75, 3.05) is 17.4 Å². The smallest absolute Gasteiger partial charge is 0.341 e. The molecule has 0 radical (unpaired) electrons. The summed E-state index contributed by atoms with van der Waals surface area (Å²) in [6, 6.07) is 10.0. The predicted octanol–water partition coefficient (Wildman–Crippen LogP) is 2.92. The molecule has 29 heavy (non-hydrogen) atoms. The molecule has 0 fully saturated rings. The van der Waals surface area contributed by atoms with Crippen molar-refractivity contribution in [3.8, 4) is 5.75 Å². The van der Waals surface area contributed by atoms with E-state index in [9.17, 15) is 19.5 Å². The Balaban J connectivity index is 1.89. The van der Waals surface area contributed by atoms with Gasteiger partial charge in [0.05, 0.1) is 18.5 Å². The SMILES string of the molecule is COC(=O)c1cccc(NC(=O)C2=NN(c3cc(C)ccc3C)C(=O)CC2)c1O. The highest BCUT2D eigenvalue weighted by Gasteiger charge is 2.27. The lowest BCUT2D eigenvalue weighted by Crippen LogP contribution is -2.36. The van der Waals surface area contributed by atoms with Crippen LogP contribution in [-0.4, -0.2) is 35.7 Å². The molecule has 0 saturated carbocycles. The van der Waals surface area contributed by atoms with E-state index < -0.39 is 17.6 Å². The molecule has 0 aliphatic carbocycles. The summed E-state index contributed by atoms with van der Waals surface area (Å²) in [7, 11) is 1.20. The lowest BCUT2D eigenvalue weighted by molar-refractivity contribution is -0.118. The summed E-state index contributed by atoms with van der Waals surface area (Å²) < 4.78 is 4.61. The summed E-state index contributed by atoms with van der Waals surface area (Å²) in [5.74, 6) is -1.89. The van der Waals surface area contributed by atoms with Gasteiger partial charge in [-0.3, -0.25) is 9.59 Å². The molecule has 2 N–H and O–H groups in total. The molecule has 0 bridgehead atoms. The molecular weight excluding hydrogens is 374 g/mol. The van der Waals surface area contributed by atoms with Crippen LogP contribution in [0.2, 0.25) is 0 Å².